The number of hydrogen-bond donors (Lipinski definition) is 2. The van der Waals surface area contributed by atoms with E-state index in [2.05, 4.69) is 20.1 Å². The van der Waals surface area contributed by atoms with E-state index in [1.807, 2.05) is 31.2 Å². The van der Waals surface area contributed by atoms with Crippen molar-refractivity contribution < 1.29 is 8.42 Å². The number of aromatic nitrogens is 4. The maximum absolute atomic E-state index is 12.6. The van der Waals surface area contributed by atoms with Crippen molar-refractivity contribution >= 4 is 26.5 Å². The summed E-state index contributed by atoms with van der Waals surface area (Å²) >= 11 is 1.21. The van der Waals surface area contributed by atoms with Crippen molar-refractivity contribution in [3.05, 3.63) is 66.4 Å². The number of nitrogens with zero attached hydrogens (tertiary/aromatic N) is 4. The van der Waals surface area contributed by atoms with Gasteiger partial charge in [0, 0.05) is 5.56 Å². The molecule has 0 amide bonds. The molecule has 28 heavy (non-hydrogen) atoms. The van der Waals surface area contributed by atoms with Crippen molar-refractivity contribution in [3.8, 4) is 21.8 Å². The maximum Gasteiger partial charge on any atom is 0.276 e. The molecule has 0 spiro atoms. The minimum Gasteiger partial charge on any atom is -0.374 e. The standard InChI is InChI=1S/C18H16N6O2S2/c1-12-7-9-13(10-8-12)16-15(17-20-21-18(19)27-17)11-24(22-16)23-28(25,26)14-5-3-2-4-6-14/h2-11,23H,1H3,(H2,19,21). The van der Waals surface area contributed by atoms with Gasteiger partial charge >= 0.3 is 0 Å². The van der Waals surface area contributed by atoms with Crippen LogP contribution < -0.4 is 10.6 Å². The fourth-order valence-electron chi connectivity index (χ4n) is 2.62. The molecular formula is C18H16N6O2S2. The van der Waals surface area contributed by atoms with E-state index in [0.29, 0.717) is 21.4 Å². The van der Waals surface area contributed by atoms with Crippen molar-refractivity contribution in [3.63, 3.8) is 0 Å². The Balaban J connectivity index is 1.78. The van der Waals surface area contributed by atoms with E-state index in [4.69, 9.17) is 5.73 Å². The van der Waals surface area contributed by atoms with E-state index in [1.165, 1.54) is 28.3 Å². The second-order valence-electron chi connectivity index (χ2n) is 6.06. The maximum atomic E-state index is 12.6. The molecule has 0 radical (unpaired) electrons. The second-order valence-corrected chi connectivity index (χ2v) is 8.73. The Morgan fingerprint density at radius 3 is 2.39 bits per heavy atom. The number of anilines is 1. The minimum absolute atomic E-state index is 0.143. The first-order chi connectivity index (χ1) is 13.4. The predicted octanol–water partition coefficient (Wildman–Crippen LogP) is 2.89. The lowest BCUT2D eigenvalue weighted by atomic mass is 10.1. The van der Waals surface area contributed by atoms with E-state index in [0.717, 1.165) is 11.1 Å². The first kappa shape index (κ1) is 18.1. The Morgan fingerprint density at radius 2 is 1.75 bits per heavy atom. The highest BCUT2D eigenvalue weighted by atomic mass is 32.2. The molecule has 0 aliphatic carbocycles. The fraction of sp³-hybridized carbons (Fsp3) is 0.0556. The summed E-state index contributed by atoms with van der Waals surface area (Å²) in [6, 6.07) is 15.8. The molecule has 2 aromatic heterocycles. The molecule has 8 nitrogen and oxygen atoms in total. The third-order valence-corrected chi connectivity index (χ3v) is 6.08. The van der Waals surface area contributed by atoms with E-state index in [1.54, 1.807) is 24.4 Å². The van der Waals surface area contributed by atoms with E-state index < -0.39 is 10.0 Å². The predicted molar refractivity (Wildman–Crippen MR) is 109 cm³/mol. The summed E-state index contributed by atoms with van der Waals surface area (Å²) in [7, 11) is -3.79. The Morgan fingerprint density at radius 1 is 1.04 bits per heavy atom. The SMILES string of the molecule is Cc1ccc(-c2nn(NS(=O)(=O)c3ccccc3)cc2-c2nnc(N)s2)cc1. The van der Waals surface area contributed by atoms with Crippen LogP contribution in [0.25, 0.3) is 21.8 Å². The average Bonchev–Trinajstić information content (AvgIpc) is 3.29. The highest BCUT2D eigenvalue weighted by molar-refractivity contribution is 7.92. The van der Waals surface area contributed by atoms with Gasteiger partial charge in [-0.05, 0) is 19.1 Å². The van der Waals surface area contributed by atoms with Crippen LogP contribution in [-0.4, -0.2) is 28.5 Å². The number of rotatable bonds is 5. The van der Waals surface area contributed by atoms with Gasteiger partial charge in [-0.3, -0.25) is 0 Å². The number of nitrogens with one attached hydrogen (secondary N) is 1. The third kappa shape index (κ3) is 3.59. The number of nitrogen functional groups attached to an aromatic ring is 1. The van der Waals surface area contributed by atoms with Gasteiger partial charge in [-0.15, -0.1) is 10.2 Å². The molecule has 10 heteroatoms. The van der Waals surface area contributed by atoms with Crippen LogP contribution in [0.1, 0.15) is 5.56 Å². The lowest BCUT2D eigenvalue weighted by Gasteiger charge is -2.07. The second kappa shape index (κ2) is 7.06. The Hall–Kier alpha value is -3.24. The van der Waals surface area contributed by atoms with E-state index in [-0.39, 0.29) is 4.90 Å². The minimum atomic E-state index is -3.79. The van der Waals surface area contributed by atoms with Gasteiger partial charge < -0.3 is 5.73 Å². The summed E-state index contributed by atoms with van der Waals surface area (Å²) in [5.41, 5.74) is 8.86. The molecule has 0 aliphatic rings. The summed E-state index contributed by atoms with van der Waals surface area (Å²) in [6.45, 7) is 1.99. The molecule has 0 saturated carbocycles. The van der Waals surface area contributed by atoms with Gasteiger partial charge in [-0.2, -0.15) is 23.1 Å². The zero-order chi connectivity index (χ0) is 19.7. The van der Waals surface area contributed by atoms with Crippen LogP contribution in [0.4, 0.5) is 5.13 Å². The van der Waals surface area contributed by atoms with Gasteiger partial charge in [-0.1, -0.05) is 59.4 Å². The molecule has 0 fully saturated rings. The van der Waals surface area contributed by atoms with Crippen molar-refractivity contribution in [2.24, 2.45) is 0 Å². The van der Waals surface area contributed by atoms with Crippen molar-refractivity contribution in [2.75, 3.05) is 10.6 Å². The summed E-state index contributed by atoms with van der Waals surface area (Å²) in [4.78, 5) is 3.77. The molecule has 3 N–H and O–H groups in total. The monoisotopic (exact) mass is 412 g/mol. The smallest absolute Gasteiger partial charge is 0.276 e. The fourth-order valence-corrected chi connectivity index (χ4v) is 4.20. The largest absolute Gasteiger partial charge is 0.374 e. The van der Waals surface area contributed by atoms with Crippen molar-refractivity contribution in [1.29, 1.82) is 0 Å². The number of hydrogen-bond acceptors (Lipinski definition) is 7. The highest BCUT2D eigenvalue weighted by Gasteiger charge is 2.20. The molecule has 0 saturated heterocycles. The summed E-state index contributed by atoms with van der Waals surface area (Å²) in [6.07, 6.45) is 1.57. The number of nitrogens with two attached hydrogens (primary N) is 1. The summed E-state index contributed by atoms with van der Waals surface area (Å²) in [5, 5.41) is 13.2. The normalized spacial score (nSPS) is 11.5. The number of aryl methyl sites for hydroxylation is 1. The first-order valence-electron chi connectivity index (χ1n) is 8.26. The van der Waals surface area contributed by atoms with Gasteiger partial charge in [0.25, 0.3) is 10.0 Å². The summed E-state index contributed by atoms with van der Waals surface area (Å²) in [5.74, 6) is 0. The van der Waals surface area contributed by atoms with Gasteiger partial charge in [0.15, 0.2) is 5.01 Å². The van der Waals surface area contributed by atoms with Crippen LogP contribution in [0, 0.1) is 6.92 Å². The zero-order valence-corrected chi connectivity index (χ0v) is 16.4. The molecule has 0 atom stereocenters. The molecule has 142 valence electrons. The van der Waals surface area contributed by atoms with Crippen molar-refractivity contribution in [1.82, 2.24) is 20.1 Å². The molecule has 2 aromatic carbocycles. The Kier molecular flexibility index (Phi) is 4.57. The van der Waals surface area contributed by atoms with Crippen LogP contribution >= 0.6 is 11.3 Å². The van der Waals surface area contributed by atoms with Crippen LogP contribution in [0.5, 0.6) is 0 Å². The lowest BCUT2D eigenvalue weighted by Crippen LogP contribution is -2.23. The Labute approximate surface area is 165 Å². The summed E-state index contributed by atoms with van der Waals surface area (Å²) < 4.78 is 25.3. The van der Waals surface area contributed by atoms with Gasteiger partial charge in [0.1, 0.15) is 5.69 Å². The van der Waals surface area contributed by atoms with E-state index in [9.17, 15) is 8.42 Å². The average molecular weight is 413 g/mol. The molecule has 0 unspecified atom stereocenters. The topological polar surface area (TPSA) is 116 Å². The molecule has 0 aliphatic heterocycles. The van der Waals surface area contributed by atoms with Gasteiger partial charge in [0.2, 0.25) is 5.13 Å². The van der Waals surface area contributed by atoms with Crippen molar-refractivity contribution in [2.45, 2.75) is 11.8 Å². The zero-order valence-electron chi connectivity index (χ0n) is 14.8. The molecule has 0 bridgehead atoms. The van der Waals surface area contributed by atoms with Crippen LogP contribution in [0.3, 0.4) is 0 Å². The highest BCUT2D eigenvalue weighted by Crippen LogP contribution is 2.33. The Bertz CT molecular complexity index is 1210. The van der Waals surface area contributed by atoms with Gasteiger partial charge in [0.05, 0.1) is 16.7 Å². The van der Waals surface area contributed by atoms with Gasteiger partial charge in [-0.25, -0.2) is 0 Å². The number of benzene rings is 2. The third-order valence-electron chi connectivity index (χ3n) is 3.98. The van der Waals surface area contributed by atoms with Crippen LogP contribution in [0.2, 0.25) is 0 Å². The molecular weight excluding hydrogens is 396 g/mol. The molecule has 4 rings (SSSR count). The number of sulfonamides is 1. The molecule has 4 aromatic rings. The quantitative estimate of drug-likeness (QED) is 0.521. The van der Waals surface area contributed by atoms with Crippen LogP contribution in [-0.2, 0) is 10.0 Å². The van der Waals surface area contributed by atoms with Crippen LogP contribution in [0.15, 0.2) is 65.7 Å². The lowest BCUT2D eigenvalue weighted by molar-refractivity contribution is 0.592. The first-order valence-corrected chi connectivity index (χ1v) is 10.6. The molecule has 2 heterocycles. The van der Waals surface area contributed by atoms with E-state index >= 15 is 0 Å².